The van der Waals surface area contributed by atoms with Crippen molar-refractivity contribution in [1.82, 2.24) is 10.2 Å². The van der Waals surface area contributed by atoms with E-state index in [1.807, 2.05) is 0 Å². The van der Waals surface area contributed by atoms with E-state index in [1.54, 1.807) is 0 Å². The van der Waals surface area contributed by atoms with Gasteiger partial charge >= 0.3 is 0 Å². The molecule has 0 aromatic heterocycles. The standard InChI is InChI=1S/C15H24N2O/c18-15(14-13-3-1-2-11(13)8-16-14)17(12-6-7-12)9-10-4-5-10/h10-14,16H,1-9H2. The van der Waals surface area contributed by atoms with E-state index >= 15 is 0 Å². The molecule has 0 spiro atoms. The monoisotopic (exact) mass is 248 g/mol. The number of rotatable bonds is 4. The highest BCUT2D eigenvalue weighted by Crippen LogP contribution is 2.40. The Hall–Kier alpha value is -0.570. The normalized spacial score (nSPS) is 38.8. The molecule has 0 radical (unpaired) electrons. The van der Waals surface area contributed by atoms with Gasteiger partial charge in [-0.25, -0.2) is 0 Å². The summed E-state index contributed by atoms with van der Waals surface area (Å²) in [5.41, 5.74) is 0. The average molecular weight is 248 g/mol. The molecule has 1 N–H and O–H groups in total. The lowest BCUT2D eigenvalue weighted by Gasteiger charge is -2.28. The second kappa shape index (κ2) is 4.22. The van der Waals surface area contributed by atoms with Crippen molar-refractivity contribution < 1.29 is 4.79 Å². The van der Waals surface area contributed by atoms with Gasteiger partial charge in [0.1, 0.15) is 0 Å². The molecule has 4 rings (SSSR count). The third-order valence-electron chi connectivity index (χ3n) is 5.43. The van der Waals surface area contributed by atoms with E-state index in [0.29, 0.717) is 17.9 Å². The van der Waals surface area contributed by atoms with E-state index in [-0.39, 0.29) is 6.04 Å². The molecule has 4 aliphatic rings. The third-order valence-corrected chi connectivity index (χ3v) is 5.43. The first-order valence-corrected chi connectivity index (χ1v) is 7.87. The number of nitrogens with one attached hydrogen (secondary N) is 1. The molecule has 4 fully saturated rings. The summed E-state index contributed by atoms with van der Waals surface area (Å²) in [5, 5.41) is 3.52. The predicted molar refractivity (Wildman–Crippen MR) is 70.1 cm³/mol. The summed E-state index contributed by atoms with van der Waals surface area (Å²) in [6.45, 7) is 2.14. The molecule has 0 aromatic carbocycles. The van der Waals surface area contributed by atoms with Gasteiger partial charge in [0.25, 0.3) is 0 Å². The number of amides is 1. The van der Waals surface area contributed by atoms with Crippen LogP contribution in [-0.4, -0.2) is 36.0 Å². The molecule has 3 saturated carbocycles. The Morgan fingerprint density at radius 1 is 1.11 bits per heavy atom. The van der Waals surface area contributed by atoms with Gasteiger partial charge in [-0.3, -0.25) is 4.79 Å². The van der Waals surface area contributed by atoms with Crippen LogP contribution in [0.2, 0.25) is 0 Å². The van der Waals surface area contributed by atoms with Crippen LogP contribution in [0.5, 0.6) is 0 Å². The van der Waals surface area contributed by atoms with Crippen molar-refractivity contribution in [3.8, 4) is 0 Å². The predicted octanol–water partition coefficient (Wildman–Crippen LogP) is 1.78. The maximum Gasteiger partial charge on any atom is 0.240 e. The number of carbonyl (C=O) groups is 1. The van der Waals surface area contributed by atoms with Crippen molar-refractivity contribution in [2.75, 3.05) is 13.1 Å². The summed E-state index contributed by atoms with van der Waals surface area (Å²) in [6, 6.07) is 0.761. The molecule has 100 valence electrons. The lowest BCUT2D eigenvalue weighted by Crippen LogP contribution is -2.48. The Morgan fingerprint density at radius 2 is 1.94 bits per heavy atom. The number of hydrogen-bond donors (Lipinski definition) is 1. The van der Waals surface area contributed by atoms with Crippen molar-refractivity contribution in [3.05, 3.63) is 0 Å². The first kappa shape index (κ1) is 11.3. The largest absolute Gasteiger partial charge is 0.338 e. The fourth-order valence-electron chi connectivity index (χ4n) is 4.02. The Kier molecular flexibility index (Phi) is 2.65. The van der Waals surface area contributed by atoms with Gasteiger partial charge in [0.05, 0.1) is 6.04 Å². The molecule has 3 aliphatic carbocycles. The number of hydrogen-bond acceptors (Lipinski definition) is 2. The van der Waals surface area contributed by atoms with E-state index in [1.165, 1.54) is 44.9 Å². The second-order valence-electron chi connectivity index (χ2n) is 6.91. The molecule has 3 nitrogen and oxygen atoms in total. The van der Waals surface area contributed by atoms with Crippen molar-refractivity contribution in [2.45, 2.75) is 57.0 Å². The van der Waals surface area contributed by atoms with Crippen molar-refractivity contribution >= 4 is 5.91 Å². The number of fused-ring (bicyclic) bond motifs is 1. The van der Waals surface area contributed by atoms with E-state index in [4.69, 9.17) is 0 Å². The summed E-state index contributed by atoms with van der Waals surface area (Å²) < 4.78 is 0. The molecule has 3 atom stereocenters. The zero-order chi connectivity index (χ0) is 12.1. The van der Waals surface area contributed by atoms with E-state index in [0.717, 1.165) is 24.9 Å². The maximum atomic E-state index is 12.8. The van der Waals surface area contributed by atoms with E-state index in [2.05, 4.69) is 10.2 Å². The maximum absolute atomic E-state index is 12.8. The van der Waals surface area contributed by atoms with Gasteiger partial charge in [0.15, 0.2) is 0 Å². The molecule has 0 bridgehead atoms. The van der Waals surface area contributed by atoms with Gasteiger partial charge in [0, 0.05) is 12.6 Å². The molecule has 1 saturated heterocycles. The van der Waals surface area contributed by atoms with Gasteiger partial charge in [0.2, 0.25) is 5.91 Å². The lowest BCUT2D eigenvalue weighted by atomic mass is 9.93. The van der Waals surface area contributed by atoms with Gasteiger partial charge in [-0.05, 0) is 62.8 Å². The van der Waals surface area contributed by atoms with Crippen molar-refractivity contribution in [1.29, 1.82) is 0 Å². The molecule has 1 aliphatic heterocycles. The van der Waals surface area contributed by atoms with Crippen LogP contribution in [-0.2, 0) is 4.79 Å². The fourth-order valence-corrected chi connectivity index (χ4v) is 4.02. The summed E-state index contributed by atoms with van der Waals surface area (Å²) in [6.07, 6.45) is 9.15. The molecule has 18 heavy (non-hydrogen) atoms. The zero-order valence-electron chi connectivity index (χ0n) is 11.1. The van der Waals surface area contributed by atoms with Crippen LogP contribution in [0.25, 0.3) is 0 Å². The van der Waals surface area contributed by atoms with Crippen LogP contribution in [0.1, 0.15) is 44.9 Å². The van der Waals surface area contributed by atoms with Crippen LogP contribution < -0.4 is 5.32 Å². The minimum absolute atomic E-state index is 0.164. The van der Waals surface area contributed by atoms with Crippen LogP contribution in [0.4, 0.5) is 0 Å². The molecule has 3 unspecified atom stereocenters. The summed E-state index contributed by atoms with van der Waals surface area (Å²) >= 11 is 0. The highest BCUT2D eigenvalue weighted by molar-refractivity contribution is 5.83. The number of carbonyl (C=O) groups excluding carboxylic acids is 1. The third kappa shape index (κ3) is 1.97. The molecular weight excluding hydrogens is 224 g/mol. The van der Waals surface area contributed by atoms with Gasteiger partial charge in [-0.2, -0.15) is 0 Å². The average Bonchev–Trinajstić information content (AvgIpc) is 3.25. The quantitative estimate of drug-likeness (QED) is 0.822. The molecular formula is C15H24N2O. The molecule has 0 aromatic rings. The van der Waals surface area contributed by atoms with Gasteiger partial charge < -0.3 is 10.2 Å². The van der Waals surface area contributed by atoms with Crippen LogP contribution in [0.15, 0.2) is 0 Å². The Bertz CT molecular complexity index is 344. The minimum Gasteiger partial charge on any atom is -0.338 e. The SMILES string of the molecule is O=C(C1NCC2CCCC21)N(CC1CC1)C1CC1. The van der Waals surface area contributed by atoms with Crippen molar-refractivity contribution in [2.24, 2.45) is 17.8 Å². The minimum atomic E-state index is 0.164. The lowest BCUT2D eigenvalue weighted by molar-refractivity contribution is -0.135. The van der Waals surface area contributed by atoms with Crippen LogP contribution >= 0.6 is 0 Å². The van der Waals surface area contributed by atoms with Gasteiger partial charge in [-0.15, -0.1) is 0 Å². The number of nitrogens with zero attached hydrogens (tertiary/aromatic N) is 1. The van der Waals surface area contributed by atoms with Crippen LogP contribution in [0, 0.1) is 17.8 Å². The molecule has 1 amide bonds. The fraction of sp³-hybridized carbons (Fsp3) is 0.933. The first-order chi connectivity index (χ1) is 8.83. The smallest absolute Gasteiger partial charge is 0.240 e. The topological polar surface area (TPSA) is 32.3 Å². The second-order valence-corrected chi connectivity index (χ2v) is 6.91. The summed E-state index contributed by atoms with van der Waals surface area (Å²) in [5.74, 6) is 2.72. The summed E-state index contributed by atoms with van der Waals surface area (Å²) in [4.78, 5) is 15.0. The van der Waals surface area contributed by atoms with E-state index < -0.39 is 0 Å². The highest BCUT2D eigenvalue weighted by atomic mass is 16.2. The first-order valence-electron chi connectivity index (χ1n) is 7.87. The van der Waals surface area contributed by atoms with E-state index in [9.17, 15) is 4.79 Å². The van der Waals surface area contributed by atoms with Gasteiger partial charge in [-0.1, -0.05) is 6.42 Å². The molecule has 3 heteroatoms. The van der Waals surface area contributed by atoms with Crippen LogP contribution in [0.3, 0.4) is 0 Å². The molecule has 1 heterocycles. The van der Waals surface area contributed by atoms with Crippen molar-refractivity contribution in [3.63, 3.8) is 0 Å². The Morgan fingerprint density at radius 3 is 2.67 bits per heavy atom. The Balaban J connectivity index is 1.46. The Labute approximate surface area is 109 Å². The zero-order valence-corrected chi connectivity index (χ0v) is 11.1. The summed E-state index contributed by atoms with van der Waals surface area (Å²) in [7, 11) is 0. The highest BCUT2D eigenvalue weighted by Gasteiger charge is 2.46.